The minimum atomic E-state index is 0.743. The number of hydrogen-bond donors (Lipinski definition) is 0. The molecule has 0 aromatic carbocycles. The molecule has 0 saturated heterocycles. The third kappa shape index (κ3) is 2.21. The summed E-state index contributed by atoms with van der Waals surface area (Å²) in [7, 11) is 0. The maximum absolute atomic E-state index is 8.01. The highest BCUT2D eigenvalue weighted by Crippen LogP contribution is 1.99. The SMILES string of the molecule is C/C=C(\I)C#N. The molecule has 0 radical (unpaired) electrons. The predicted molar refractivity (Wildman–Crippen MR) is 33.4 cm³/mol. The maximum atomic E-state index is 8.01. The van der Waals surface area contributed by atoms with Crippen LogP contribution in [0.2, 0.25) is 0 Å². The van der Waals surface area contributed by atoms with Crippen molar-refractivity contribution in [2.45, 2.75) is 6.92 Å². The Hall–Kier alpha value is -0.0400. The lowest BCUT2D eigenvalue weighted by Crippen LogP contribution is -1.51. The van der Waals surface area contributed by atoms with Crippen molar-refractivity contribution in [3.05, 3.63) is 9.66 Å². The zero-order valence-corrected chi connectivity index (χ0v) is 5.56. The Morgan fingerprint density at radius 2 is 2.50 bits per heavy atom. The second-order valence-electron chi connectivity index (χ2n) is 0.748. The molecule has 0 unspecified atom stereocenters. The van der Waals surface area contributed by atoms with Gasteiger partial charge in [-0.2, -0.15) is 5.26 Å². The fourth-order valence-electron chi connectivity index (χ4n) is 0.0645. The van der Waals surface area contributed by atoms with Crippen LogP contribution in [0.4, 0.5) is 0 Å². The van der Waals surface area contributed by atoms with Gasteiger partial charge in [-0.1, -0.05) is 6.08 Å². The van der Waals surface area contributed by atoms with Crippen molar-refractivity contribution in [2.75, 3.05) is 0 Å². The number of hydrogen-bond acceptors (Lipinski definition) is 1. The van der Waals surface area contributed by atoms with Crippen LogP contribution in [0.5, 0.6) is 0 Å². The molecule has 0 saturated carbocycles. The smallest absolute Gasteiger partial charge is 0.105 e. The van der Waals surface area contributed by atoms with Gasteiger partial charge in [0.15, 0.2) is 0 Å². The van der Waals surface area contributed by atoms with Crippen molar-refractivity contribution >= 4 is 22.6 Å². The second-order valence-corrected chi connectivity index (χ2v) is 1.91. The summed E-state index contributed by atoms with van der Waals surface area (Å²) >= 11 is 1.97. The molecule has 2 heteroatoms. The fourth-order valence-corrected chi connectivity index (χ4v) is 0.0645. The summed E-state index contributed by atoms with van der Waals surface area (Å²) in [6.45, 7) is 1.84. The molecule has 0 amide bonds. The fraction of sp³-hybridized carbons (Fsp3) is 0.250. The Morgan fingerprint density at radius 1 is 2.00 bits per heavy atom. The molecule has 0 bridgehead atoms. The highest BCUT2D eigenvalue weighted by molar-refractivity contribution is 14.1. The molecule has 0 N–H and O–H groups in total. The van der Waals surface area contributed by atoms with Crippen LogP contribution in [-0.4, -0.2) is 0 Å². The molecule has 0 rings (SSSR count). The molecule has 32 valence electrons. The largest absolute Gasteiger partial charge is 0.192 e. The van der Waals surface area contributed by atoms with Crippen molar-refractivity contribution in [1.29, 1.82) is 5.26 Å². The third-order valence-corrected chi connectivity index (χ3v) is 1.22. The van der Waals surface area contributed by atoms with Crippen LogP contribution in [0.25, 0.3) is 0 Å². The molecule has 0 aliphatic carbocycles. The first-order valence-corrected chi connectivity index (χ1v) is 2.61. The lowest BCUT2D eigenvalue weighted by atomic mass is 10.6. The summed E-state index contributed by atoms with van der Waals surface area (Å²) in [4.78, 5) is 0. The number of rotatable bonds is 0. The van der Waals surface area contributed by atoms with E-state index in [0.717, 1.165) is 3.58 Å². The number of halogens is 1. The van der Waals surface area contributed by atoms with Gasteiger partial charge in [0.2, 0.25) is 0 Å². The number of nitrogens with zero attached hydrogens (tertiary/aromatic N) is 1. The summed E-state index contributed by atoms with van der Waals surface area (Å²) in [5.41, 5.74) is 0. The summed E-state index contributed by atoms with van der Waals surface area (Å²) in [5.74, 6) is 0. The van der Waals surface area contributed by atoms with Crippen LogP contribution < -0.4 is 0 Å². The quantitative estimate of drug-likeness (QED) is 0.425. The molecule has 1 nitrogen and oxygen atoms in total. The van der Waals surface area contributed by atoms with Gasteiger partial charge in [-0.25, -0.2) is 0 Å². The molecular formula is C4H4IN. The molecule has 0 fully saturated rings. The van der Waals surface area contributed by atoms with E-state index in [-0.39, 0.29) is 0 Å². The van der Waals surface area contributed by atoms with E-state index in [0.29, 0.717) is 0 Å². The molecule has 6 heavy (non-hydrogen) atoms. The first-order valence-electron chi connectivity index (χ1n) is 1.53. The average molecular weight is 193 g/mol. The number of allylic oxidation sites excluding steroid dienone is 2. The van der Waals surface area contributed by atoms with Crippen LogP contribution in [0, 0.1) is 11.3 Å². The zero-order valence-electron chi connectivity index (χ0n) is 3.40. The molecule has 0 aliphatic heterocycles. The van der Waals surface area contributed by atoms with E-state index in [9.17, 15) is 0 Å². The highest BCUT2D eigenvalue weighted by atomic mass is 127. The third-order valence-electron chi connectivity index (χ3n) is 0.360. The molecule has 0 aromatic heterocycles. The normalized spacial score (nSPS) is 10.5. The van der Waals surface area contributed by atoms with Crippen molar-refractivity contribution in [3.8, 4) is 6.07 Å². The lowest BCUT2D eigenvalue weighted by Gasteiger charge is -1.67. The van der Waals surface area contributed by atoms with Crippen LogP contribution in [0.1, 0.15) is 6.92 Å². The van der Waals surface area contributed by atoms with E-state index in [1.165, 1.54) is 0 Å². The molecule has 0 heterocycles. The molecular weight excluding hydrogens is 189 g/mol. The van der Waals surface area contributed by atoms with Gasteiger partial charge in [0, 0.05) is 0 Å². The van der Waals surface area contributed by atoms with Crippen molar-refractivity contribution in [1.82, 2.24) is 0 Å². The summed E-state index contributed by atoms with van der Waals surface area (Å²) in [5, 5.41) is 8.01. The summed E-state index contributed by atoms with van der Waals surface area (Å²) < 4.78 is 0.743. The van der Waals surface area contributed by atoms with Gasteiger partial charge in [0.1, 0.15) is 6.07 Å². The van der Waals surface area contributed by atoms with Crippen molar-refractivity contribution in [2.24, 2.45) is 0 Å². The topological polar surface area (TPSA) is 23.8 Å². The van der Waals surface area contributed by atoms with Gasteiger partial charge in [0.05, 0.1) is 3.58 Å². The van der Waals surface area contributed by atoms with Crippen LogP contribution in [-0.2, 0) is 0 Å². The molecule has 0 atom stereocenters. The van der Waals surface area contributed by atoms with Gasteiger partial charge in [-0.15, -0.1) is 0 Å². The van der Waals surface area contributed by atoms with Crippen LogP contribution in [0.3, 0.4) is 0 Å². The minimum absolute atomic E-state index is 0.743. The van der Waals surface area contributed by atoms with E-state index in [1.807, 2.05) is 35.6 Å². The minimum Gasteiger partial charge on any atom is -0.192 e. The first-order chi connectivity index (χ1) is 2.81. The van der Waals surface area contributed by atoms with E-state index >= 15 is 0 Å². The number of nitriles is 1. The van der Waals surface area contributed by atoms with E-state index in [1.54, 1.807) is 6.08 Å². The first kappa shape index (κ1) is 5.96. The van der Waals surface area contributed by atoms with Crippen LogP contribution >= 0.6 is 22.6 Å². The van der Waals surface area contributed by atoms with Gasteiger partial charge < -0.3 is 0 Å². The standard InChI is InChI=1S/C4H4IN/c1-2-4(5)3-6/h2H,1H3/b4-2-. The Kier molecular flexibility index (Phi) is 3.14. The van der Waals surface area contributed by atoms with Gasteiger partial charge in [-0.05, 0) is 29.5 Å². The van der Waals surface area contributed by atoms with Gasteiger partial charge >= 0.3 is 0 Å². The Morgan fingerprint density at radius 3 is 2.50 bits per heavy atom. The summed E-state index contributed by atoms with van der Waals surface area (Å²) in [6, 6.07) is 1.96. The van der Waals surface area contributed by atoms with Crippen molar-refractivity contribution < 1.29 is 0 Å². The lowest BCUT2D eigenvalue weighted by molar-refractivity contribution is 1.52. The zero-order chi connectivity index (χ0) is 4.99. The highest BCUT2D eigenvalue weighted by Gasteiger charge is 1.74. The van der Waals surface area contributed by atoms with E-state index < -0.39 is 0 Å². The molecule has 0 aromatic rings. The molecule has 0 aliphatic rings. The van der Waals surface area contributed by atoms with Crippen LogP contribution in [0.15, 0.2) is 9.66 Å². The van der Waals surface area contributed by atoms with Crippen molar-refractivity contribution in [3.63, 3.8) is 0 Å². The average Bonchev–Trinajstić information content (AvgIpc) is 1.65. The second kappa shape index (κ2) is 3.16. The Balaban J connectivity index is 3.61. The Labute approximate surface area is 50.8 Å². The predicted octanol–water partition coefficient (Wildman–Crippen LogP) is 1.85. The summed E-state index contributed by atoms with van der Waals surface area (Å²) in [6.07, 6.45) is 1.76. The van der Waals surface area contributed by atoms with Gasteiger partial charge in [-0.3, -0.25) is 0 Å². The van der Waals surface area contributed by atoms with E-state index in [4.69, 9.17) is 5.26 Å². The Bertz CT molecular complexity index is 98.6. The van der Waals surface area contributed by atoms with Gasteiger partial charge in [0.25, 0.3) is 0 Å². The van der Waals surface area contributed by atoms with E-state index in [2.05, 4.69) is 0 Å². The maximum Gasteiger partial charge on any atom is 0.105 e. The monoisotopic (exact) mass is 193 g/mol. The molecule has 0 spiro atoms.